The van der Waals surface area contributed by atoms with Crippen molar-refractivity contribution in [2.45, 2.75) is 6.61 Å². The number of hydrogen-bond donors (Lipinski definition) is 2. The van der Waals surface area contributed by atoms with Crippen molar-refractivity contribution in [3.8, 4) is 0 Å². The number of esters is 1. The van der Waals surface area contributed by atoms with Crippen molar-refractivity contribution >= 4 is 13.6 Å². The molecule has 5 nitrogen and oxygen atoms in total. The molecule has 0 amide bonds. The second kappa shape index (κ2) is 5.07. The summed E-state index contributed by atoms with van der Waals surface area (Å²) in [4.78, 5) is 27.9. The molecule has 1 aromatic carbocycles. The fourth-order valence-corrected chi connectivity index (χ4v) is 1.38. The van der Waals surface area contributed by atoms with Crippen molar-refractivity contribution < 1.29 is 23.9 Å². The number of hydrogen-bond acceptors (Lipinski definition) is 3. The zero-order valence-corrected chi connectivity index (χ0v) is 8.76. The Kier molecular flexibility index (Phi) is 4.03. The monoisotopic (exact) mass is 230 g/mol. The second-order valence-electron chi connectivity index (χ2n) is 2.97. The minimum Gasteiger partial charge on any atom is -0.460 e. The molecule has 82 valence electrons. The van der Waals surface area contributed by atoms with E-state index in [2.05, 4.69) is 4.74 Å². The van der Waals surface area contributed by atoms with E-state index in [4.69, 9.17) is 9.79 Å². The van der Waals surface area contributed by atoms with Gasteiger partial charge in [0.25, 0.3) is 0 Å². The maximum Gasteiger partial charge on any atom is 0.336 e. The van der Waals surface area contributed by atoms with Crippen molar-refractivity contribution in [1.82, 2.24) is 0 Å². The molecule has 6 heteroatoms. The molecule has 0 aliphatic heterocycles. The molecule has 2 N–H and O–H groups in total. The highest BCUT2D eigenvalue weighted by molar-refractivity contribution is 7.52. The van der Waals surface area contributed by atoms with Gasteiger partial charge >= 0.3 is 13.6 Å². The average Bonchev–Trinajstić information content (AvgIpc) is 2.14. The summed E-state index contributed by atoms with van der Waals surface area (Å²) in [7, 11) is -4.32. The lowest BCUT2D eigenvalue weighted by molar-refractivity contribution is -0.142. The Hall–Kier alpha value is -1.16. The fourth-order valence-electron chi connectivity index (χ4n) is 0.952. The SMILES string of the molecule is O=C(CP(=O)(O)O)OCc1ccccc1. The average molecular weight is 230 g/mol. The summed E-state index contributed by atoms with van der Waals surface area (Å²) in [5, 5.41) is 0. The highest BCUT2D eigenvalue weighted by Gasteiger charge is 2.19. The summed E-state index contributed by atoms with van der Waals surface area (Å²) in [6.07, 6.45) is -0.875. The molecule has 0 aliphatic carbocycles. The molecule has 0 heterocycles. The van der Waals surface area contributed by atoms with Gasteiger partial charge in [0, 0.05) is 0 Å². The molecule has 0 radical (unpaired) electrons. The molecule has 0 aliphatic rings. The number of rotatable bonds is 4. The Morgan fingerprint density at radius 1 is 1.27 bits per heavy atom. The van der Waals surface area contributed by atoms with E-state index in [-0.39, 0.29) is 6.61 Å². The van der Waals surface area contributed by atoms with Crippen LogP contribution in [0.4, 0.5) is 0 Å². The van der Waals surface area contributed by atoms with Crippen LogP contribution in [0.2, 0.25) is 0 Å². The zero-order valence-electron chi connectivity index (χ0n) is 7.87. The summed E-state index contributed by atoms with van der Waals surface area (Å²) >= 11 is 0. The maximum absolute atomic E-state index is 10.9. The molecule has 0 saturated heterocycles. The van der Waals surface area contributed by atoms with Gasteiger partial charge in [0.05, 0.1) is 0 Å². The van der Waals surface area contributed by atoms with E-state index < -0.39 is 19.7 Å². The Labute approximate surface area is 86.9 Å². The van der Waals surface area contributed by atoms with Gasteiger partial charge in [0.1, 0.15) is 12.8 Å². The van der Waals surface area contributed by atoms with E-state index >= 15 is 0 Å². The van der Waals surface area contributed by atoms with Crippen LogP contribution in [0.1, 0.15) is 5.56 Å². The first-order chi connectivity index (χ1) is 6.97. The summed E-state index contributed by atoms with van der Waals surface area (Å²) in [5.74, 6) is -0.896. The van der Waals surface area contributed by atoms with Crippen LogP contribution in [0, 0.1) is 0 Å². The number of carbonyl (C=O) groups excluding carboxylic acids is 1. The first-order valence-electron chi connectivity index (χ1n) is 4.21. The van der Waals surface area contributed by atoms with E-state index in [0.717, 1.165) is 5.56 Å². The van der Waals surface area contributed by atoms with Crippen LogP contribution in [-0.4, -0.2) is 21.9 Å². The molecule has 1 rings (SSSR count). The Morgan fingerprint density at radius 2 is 1.87 bits per heavy atom. The van der Waals surface area contributed by atoms with Gasteiger partial charge in [-0.15, -0.1) is 0 Å². The van der Waals surface area contributed by atoms with E-state index in [1.807, 2.05) is 6.07 Å². The minimum absolute atomic E-state index is 0.0275. The normalized spacial score (nSPS) is 11.1. The zero-order chi connectivity index (χ0) is 11.3. The Morgan fingerprint density at radius 3 is 2.40 bits per heavy atom. The predicted octanol–water partition coefficient (Wildman–Crippen LogP) is 0.907. The largest absolute Gasteiger partial charge is 0.460 e. The highest BCUT2D eigenvalue weighted by atomic mass is 31.2. The quantitative estimate of drug-likeness (QED) is 0.593. The molecular formula is C9H11O5P. The van der Waals surface area contributed by atoms with Gasteiger partial charge in [0.2, 0.25) is 0 Å². The number of carbonyl (C=O) groups is 1. The van der Waals surface area contributed by atoms with Gasteiger partial charge in [-0.3, -0.25) is 9.36 Å². The van der Waals surface area contributed by atoms with E-state index in [9.17, 15) is 9.36 Å². The lowest BCUT2D eigenvalue weighted by Crippen LogP contribution is -2.09. The molecule has 15 heavy (non-hydrogen) atoms. The molecule has 1 aromatic rings. The Bertz CT molecular complexity index is 369. The van der Waals surface area contributed by atoms with Gasteiger partial charge in [-0.05, 0) is 5.56 Å². The van der Waals surface area contributed by atoms with E-state index in [1.165, 1.54) is 0 Å². The number of benzene rings is 1. The summed E-state index contributed by atoms with van der Waals surface area (Å²) < 4.78 is 15.1. The summed E-state index contributed by atoms with van der Waals surface area (Å²) in [6.45, 7) is 0.0275. The lowest BCUT2D eigenvalue weighted by atomic mass is 10.2. The molecule has 0 bridgehead atoms. The third kappa shape index (κ3) is 5.32. The number of ether oxygens (including phenoxy) is 1. The van der Waals surface area contributed by atoms with Crippen LogP contribution in [0.5, 0.6) is 0 Å². The summed E-state index contributed by atoms with van der Waals surface area (Å²) in [5.41, 5.74) is 0.775. The third-order valence-corrected chi connectivity index (χ3v) is 2.25. The van der Waals surface area contributed by atoms with Crippen LogP contribution >= 0.6 is 7.60 Å². The highest BCUT2D eigenvalue weighted by Crippen LogP contribution is 2.33. The molecule has 0 fully saturated rings. The van der Waals surface area contributed by atoms with Crippen LogP contribution in [0.15, 0.2) is 30.3 Å². The van der Waals surface area contributed by atoms with Crippen LogP contribution in [0.25, 0.3) is 0 Å². The smallest absolute Gasteiger partial charge is 0.336 e. The van der Waals surface area contributed by atoms with Gasteiger partial charge < -0.3 is 14.5 Å². The van der Waals surface area contributed by atoms with Crippen molar-refractivity contribution in [3.63, 3.8) is 0 Å². The van der Waals surface area contributed by atoms with Crippen LogP contribution in [0.3, 0.4) is 0 Å². The molecular weight excluding hydrogens is 219 g/mol. The van der Waals surface area contributed by atoms with Gasteiger partial charge in [-0.1, -0.05) is 30.3 Å². The predicted molar refractivity (Wildman–Crippen MR) is 53.1 cm³/mol. The van der Waals surface area contributed by atoms with Crippen molar-refractivity contribution in [2.24, 2.45) is 0 Å². The third-order valence-electron chi connectivity index (χ3n) is 1.58. The van der Waals surface area contributed by atoms with Gasteiger partial charge in [-0.2, -0.15) is 0 Å². The topological polar surface area (TPSA) is 83.8 Å². The molecule has 0 saturated carbocycles. The molecule has 0 atom stereocenters. The first-order valence-corrected chi connectivity index (χ1v) is 6.01. The summed E-state index contributed by atoms with van der Waals surface area (Å²) in [6, 6.07) is 8.90. The first kappa shape index (κ1) is 11.9. The lowest BCUT2D eigenvalue weighted by Gasteiger charge is -2.05. The minimum atomic E-state index is -4.32. The van der Waals surface area contributed by atoms with Gasteiger partial charge in [0.15, 0.2) is 0 Å². The van der Waals surface area contributed by atoms with Crippen molar-refractivity contribution in [1.29, 1.82) is 0 Å². The molecule has 0 spiro atoms. The standard InChI is InChI=1S/C9H11O5P/c10-9(7-15(11,12)13)14-6-8-4-2-1-3-5-8/h1-5H,6-7H2,(H2,11,12,13). The second-order valence-corrected chi connectivity index (χ2v) is 4.61. The van der Waals surface area contributed by atoms with Gasteiger partial charge in [-0.25, -0.2) is 0 Å². The molecule has 0 unspecified atom stereocenters. The van der Waals surface area contributed by atoms with Crippen LogP contribution in [-0.2, 0) is 20.7 Å². The van der Waals surface area contributed by atoms with Crippen molar-refractivity contribution in [3.05, 3.63) is 35.9 Å². The van der Waals surface area contributed by atoms with E-state index in [1.54, 1.807) is 24.3 Å². The fraction of sp³-hybridized carbons (Fsp3) is 0.222. The maximum atomic E-state index is 10.9. The molecule has 0 aromatic heterocycles. The Balaban J connectivity index is 2.39. The van der Waals surface area contributed by atoms with E-state index in [0.29, 0.717) is 0 Å². The van der Waals surface area contributed by atoms with Crippen molar-refractivity contribution in [2.75, 3.05) is 6.16 Å². The van der Waals surface area contributed by atoms with Crippen LogP contribution < -0.4 is 0 Å².